The standard InChI is InChI=1S/C49H80ClN3O18/c50-14-5-1-2-6-15-59-17-19-61-21-23-63-25-27-65-29-31-67-33-35-69-37-39-71-40-38-70-36-34-68-32-30-66-28-26-64-24-22-62-20-18-60-16-7-3-4-11-44(54)51-42-10-8-9-41-46(42)49(58)53(48(41)57)43-12-13-45(55)52-47(43)56/h8-10,43H,1-7,11-40H2,(H,51,54)(H,52,55,56). The fourth-order valence-corrected chi connectivity index (χ4v) is 7.08. The number of ether oxygens (including phenoxy) is 13. The van der Waals surface area contributed by atoms with Gasteiger partial charge in [0.2, 0.25) is 17.7 Å². The summed E-state index contributed by atoms with van der Waals surface area (Å²) >= 11 is 5.66. The number of alkyl halides is 1. The van der Waals surface area contributed by atoms with E-state index in [1.54, 1.807) is 12.1 Å². The minimum Gasteiger partial charge on any atom is -0.379 e. The molecule has 1 saturated heterocycles. The number of unbranched alkanes of at least 4 members (excludes halogenated alkanes) is 5. The van der Waals surface area contributed by atoms with Crippen molar-refractivity contribution in [3.8, 4) is 0 Å². The van der Waals surface area contributed by atoms with E-state index in [0.29, 0.717) is 172 Å². The predicted molar refractivity (Wildman–Crippen MR) is 260 cm³/mol. The number of nitrogens with one attached hydrogen (secondary N) is 2. The van der Waals surface area contributed by atoms with E-state index in [1.165, 1.54) is 6.07 Å². The van der Waals surface area contributed by atoms with Crippen molar-refractivity contribution in [1.82, 2.24) is 10.2 Å². The first-order chi connectivity index (χ1) is 34.9. The second-order valence-electron chi connectivity index (χ2n) is 16.1. The second-order valence-corrected chi connectivity index (χ2v) is 16.5. The highest BCUT2D eigenvalue weighted by atomic mass is 35.5. The summed E-state index contributed by atoms with van der Waals surface area (Å²) < 4.78 is 71.7. The van der Waals surface area contributed by atoms with Gasteiger partial charge in [0.05, 0.1) is 175 Å². The van der Waals surface area contributed by atoms with Crippen molar-refractivity contribution in [2.45, 2.75) is 70.3 Å². The number of carbonyl (C=O) groups is 5. The first kappa shape index (κ1) is 62.0. The third kappa shape index (κ3) is 29.9. The number of nitrogens with zero attached hydrogens (tertiary/aromatic N) is 1. The Bertz CT molecular complexity index is 1580. The largest absolute Gasteiger partial charge is 0.379 e. The van der Waals surface area contributed by atoms with E-state index < -0.39 is 29.7 Å². The highest BCUT2D eigenvalue weighted by Crippen LogP contribution is 2.32. The molecule has 71 heavy (non-hydrogen) atoms. The molecule has 2 heterocycles. The van der Waals surface area contributed by atoms with Crippen LogP contribution in [0, 0.1) is 0 Å². The van der Waals surface area contributed by atoms with E-state index >= 15 is 0 Å². The second kappa shape index (κ2) is 43.2. The van der Waals surface area contributed by atoms with Gasteiger partial charge >= 0.3 is 0 Å². The molecular formula is C49H80ClN3O18. The van der Waals surface area contributed by atoms with Gasteiger partial charge in [-0.3, -0.25) is 34.2 Å². The highest BCUT2D eigenvalue weighted by molar-refractivity contribution is 6.26. The van der Waals surface area contributed by atoms with Crippen molar-refractivity contribution < 1.29 is 85.6 Å². The first-order valence-electron chi connectivity index (χ1n) is 25.1. The molecule has 22 heteroatoms. The summed E-state index contributed by atoms with van der Waals surface area (Å²) in [5.41, 5.74) is 0.375. The Morgan fingerprint density at radius 3 is 1.24 bits per heavy atom. The summed E-state index contributed by atoms with van der Waals surface area (Å²) in [7, 11) is 0. The van der Waals surface area contributed by atoms with Crippen molar-refractivity contribution in [3.63, 3.8) is 0 Å². The summed E-state index contributed by atoms with van der Waals surface area (Å²) in [6.07, 6.45) is 6.88. The molecule has 21 nitrogen and oxygen atoms in total. The molecule has 0 saturated carbocycles. The van der Waals surface area contributed by atoms with Crippen LogP contribution < -0.4 is 10.6 Å². The molecule has 0 aliphatic carbocycles. The van der Waals surface area contributed by atoms with E-state index in [-0.39, 0.29) is 42.0 Å². The minimum atomic E-state index is -1.08. The Kier molecular flexibility index (Phi) is 37.7. The van der Waals surface area contributed by atoms with Crippen molar-refractivity contribution in [2.75, 3.05) is 183 Å². The smallest absolute Gasteiger partial charge is 0.264 e. The zero-order chi connectivity index (χ0) is 50.7. The maximum Gasteiger partial charge on any atom is 0.264 e. The maximum absolute atomic E-state index is 13.2. The van der Waals surface area contributed by atoms with Gasteiger partial charge in [-0.05, 0) is 44.2 Å². The molecule has 406 valence electrons. The quantitative estimate of drug-likeness (QED) is 0.0539. The lowest BCUT2D eigenvalue weighted by Crippen LogP contribution is -2.54. The van der Waals surface area contributed by atoms with E-state index in [4.69, 9.17) is 73.2 Å². The summed E-state index contributed by atoms with van der Waals surface area (Å²) in [6.45, 7) is 13.0. The summed E-state index contributed by atoms with van der Waals surface area (Å²) in [5.74, 6) is -1.99. The van der Waals surface area contributed by atoms with Crippen LogP contribution in [0.25, 0.3) is 0 Å². The lowest BCUT2D eigenvalue weighted by Gasteiger charge is -2.27. The normalized spacial score (nSPS) is 14.7. The number of fused-ring (bicyclic) bond motifs is 1. The Morgan fingerprint density at radius 2 is 0.859 bits per heavy atom. The predicted octanol–water partition coefficient (Wildman–Crippen LogP) is 3.60. The number of piperidine rings is 1. The number of benzene rings is 1. The van der Waals surface area contributed by atoms with Crippen molar-refractivity contribution >= 4 is 46.8 Å². The van der Waals surface area contributed by atoms with Gasteiger partial charge in [-0.15, -0.1) is 11.6 Å². The number of rotatable bonds is 50. The molecule has 0 radical (unpaired) electrons. The third-order valence-electron chi connectivity index (χ3n) is 10.6. The van der Waals surface area contributed by atoms with E-state index in [2.05, 4.69) is 10.6 Å². The molecule has 0 bridgehead atoms. The van der Waals surface area contributed by atoms with E-state index in [0.717, 1.165) is 55.9 Å². The van der Waals surface area contributed by atoms with Crippen molar-refractivity contribution in [3.05, 3.63) is 29.3 Å². The van der Waals surface area contributed by atoms with Crippen LogP contribution in [-0.2, 0) is 76.0 Å². The van der Waals surface area contributed by atoms with Crippen LogP contribution in [0.1, 0.15) is 84.9 Å². The molecular weight excluding hydrogens is 954 g/mol. The van der Waals surface area contributed by atoms with Gasteiger partial charge in [0.15, 0.2) is 0 Å². The van der Waals surface area contributed by atoms with Crippen LogP contribution in [-0.4, -0.2) is 218 Å². The number of halogens is 1. The molecule has 1 unspecified atom stereocenters. The van der Waals surface area contributed by atoms with Gasteiger partial charge in [-0.25, -0.2) is 0 Å². The van der Waals surface area contributed by atoms with Crippen LogP contribution in [0.4, 0.5) is 5.69 Å². The van der Waals surface area contributed by atoms with Crippen LogP contribution in [0.3, 0.4) is 0 Å². The average Bonchev–Trinajstić information content (AvgIpc) is 3.62. The fourth-order valence-electron chi connectivity index (χ4n) is 6.89. The molecule has 2 N–H and O–H groups in total. The van der Waals surface area contributed by atoms with Gasteiger partial charge in [-0.2, -0.15) is 0 Å². The number of anilines is 1. The Hall–Kier alpha value is -3.26. The summed E-state index contributed by atoms with van der Waals surface area (Å²) in [4.78, 5) is 63.7. The van der Waals surface area contributed by atoms with Gasteiger partial charge in [-0.1, -0.05) is 25.3 Å². The number of hydrogen-bond donors (Lipinski definition) is 2. The topological polar surface area (TPSA) is 233 Å². The van der Waals surface area contributed by atoms with Gasteiger partial charge in [0, 0.05) is 31.9 Å². The zero-order valence-electron chi connectivity index (χ0n) is 41.6. The van der Waals surface area contributed by atoms with Gasteiger partial charge in [0.25, 0.3) is 11.8 Å². The Morgan fingerprint density at radius 1 is 0.493 bits per heavy atom. The van der Waals surface area contributed by atoms with Crippen molar-refractivity contribution in [2.24, 2.45) is 0 Å². The molecule has 2 aliphatic rings. The molecule has 3 rings (SSSR count). The molecule has 5 amide bonds. The van der Waals surface area contributed by atoms with Crippen LogP contribution in [0.15, 0.2) is 18.2 Å². The SMILES string of the molecule is O=C1CCC(N2C(=O)c3cccc(NC(=O)CCCCCOCCOCCOCCOCCOCCOCCOCCOCCOCCOCCOCCOCCOCCCCCCCl)c3C2=O)C(=O)N1. The van der Waals surface area contributed by atoms with Crippen LogP contribution >= 0.6 is 11.6 Å². The molecule has 1 aromatic carbocycles. The zero-order valence-corrected chi connectivity index (χ0v) is 42.4. The molecule has 2 aliphatic heterocycles. The number of imide groups is 2. The van der Waals surface area contributed by atoms with Crippen LogP contribution in [0.5, 0.6) is 0 Å². The first-order valence-corrected chi connectivity index (χ1v) is 25.7. The Labute approximate surface area is 424 Å². The number of carbonyl (C=O) groups excluding carboxylic acids is 5. The molecule has 1 fully saturated rings. The molecule has 0 aromatic heterocycles. The maximum atomic E-state index is 13.2. The van der Waals surface area contributed by atoms with E-state index in [9.17, 15) is 24.0 Å². The minimum absolute atomic E-state index is 0.0256. The van der Waals surface area contributed by atoms with Gasteiger partial charge in [0.1, 0.15) is 6.04 Å². The fraction of sp³-hybridized carbons (Fsp3) is 0.776. The number of hydrogen-bond acceptors (Lipinski definition) is 18. The third-order valence-corrected chi connectivity index (χ3v) is 10.8. The van der Waals surface area contributed by atoms with Crippen molar-refractivity contribution in [1.29, 1.82) is 0 Å². The average molecular weight is 1030 g/mol. The molecule has 0 spiro atoms. The highest BCUT2D eigenvalue weighted by Gasteiger charge is 2.45. The number of amides is 5. The van der Waals surface area contributed by atoms with Gasteiger partial charge < -0.3 is 66.9 Å². The summed E-state index contributed by atoms with van der Waals surface area (Å²) in [6, 6.07) is 3.52. The lowest BCUT2D eigenvalue weighted by molar-refractivity contribution is -0.136. The van der Waals surface area contributed by atoms with E-state index in [1.807, 2.05) is 0 Å². The Balaban J connectivity index is 0.941. The molecule has 1 atom stereocenters. The lowest BCUT2D eigenvalue weighted by atomic mass is 10.0. The summed E-state index contributed by atoms with van der Waals surface area (Å²) in [5, 5.41) is 4.91. The monoisotopic (exact) mass is 1030 g/mol. The molecule has 1 aromatic rings. The van der Waals surface area contributed by atoms with Crippen LogP contribution in [0.2, 0.25) is 0 Å².